The lowest BCUT2D eigenvalue weighted by atomic mass is 10.4. The van der Waals surface area contributed by atoms with Crippen molar-refractivity contribution in [1.82, 2.24) is 0 Å². The zero-order valence-electron chi connectivity index (χ0n) is 14.2. The number of likely N-dealkylation sites (tertiary alicyclic amines) is 1. The predicted octanol–water partition coefficient (Wildman–Crippen LogP) is 2.83. The standard InChI is InChI=1S/C9H18NO2.C2F6NO4S2/c1-3-10(7-5-6-8-10)9(11)12-4-2;3-1(4,5)14(10,11)9-15(12,13)2(6,7)8/h3-8H2,1-2H3;/q+1;-1. The van der Waals surface area contributed by atoms with Crippen LogP contribution in [0.2, 0.25) is 0 Å². The van der Waals surface area contributed by atoms with E-state index in [1.54, 1.807) is 0 Å². The second kappa shape index (κ2) is 8.91. The van der Waals surface area contributed by atoms with E-state index < -0.39 is 31.1 Å². The number of amides is 1. The largest absolute Gasteiger partial charge is 0.516 e. The summed E-state index contributed by atoms with van der Waals surface area (Å²) < 4.78 is 115. The zero-order valence-corrected chi connectivity index (χ0v) is 15.8. The van der Waals surface area contributed by atoms with Gasteiger partial charge in [0.1, 0.15) is 0 Å². The van der Waals surface area contributed by atoms with Crippen LogP contribution in [0.4, 0.5) is 31.1 Å². The van der Waals surface area contributed by atoms with Crippen LogP contribution in [0.1, 0.15) is 26.7 Å². The third-order valence-corrected chi connectivity index (χ3v) is 6.20. The van der Waals surface area contributed by atoms with Crippen LogP contribution < -0.4 is 0 Å². The molecule has 1 saturated heterocycles. The molecule has 0 N–H and O–H groups in total. The first-order chi connectivity index (χ1) is 12.0. The van der Waals surface area contributed by atoms with Gasteiger partial charge in [-0.15, -0.1) is 0 Å². The average Bonchev–Trinajstić information content (AvgIpc) is 2.95. The molecule has 0 aromatic carbocycles. The Balaban J connectivity index is 0.000000511. The number of carbonyl (C=O) groups is 1. The van der Waals surface area contributed by atoms with E-state index in [0.29, 0.717) is 11.1 Å². The van der Waals surface area contributed by atoms with E-state index in [0.717, 1.165) is 36.6 Å². The van der Waals surface area contributed by atoms with Gasteiger partial charge in [0.2, 0.25) is 0 Å². The minimum atomic E-state index is -6.72. The highest BCUT2D eigenvalue weighted by Gasteiger charge is 2.47. The molecule has 0 bridgehead atoms. The van der Waals surface area contributed by atoms with Gasteiger partial charge in [-0.25, -0.2) is 21.3 Å². The molecule has 0 saturated carbocycles. The second-order valence-electron chi connectivity index (χ2n) is 5.23. The summed E-state index contributed by atoms with van der Waals surface area (Å²) >= 11 is 0. The second-order valence-corrected chi connectivity index (χ2v) is 8.65. The van der Waals surface area contributed by atoms with Crippen molar-refractivity contribution < 1.29 is 57.2 Å². The molecule has 0 spiro atoms. The number of alkyl halides is 6. The van der Waals surface area contributed by atoms with E-state index in [9.17, 15) is 48.0 Å². The molecule has 0 unspecified atom stereocenters. The van der Waals surface area contributed by atoms with Crippen molar-refractivity contribution >= 4 is 26.1 Å². The highest BCUT2D eigenvalue weighted by Crippen LogP contribution is 2.36. The third-order valence-electron chi connectivity index (χ3n) is 3.46. The Morgan fingerprint density at radius 1 is 0.926 bits per heavy atom. The van der Waals surface area contributed by atoms with Crippen molar-refractivity contribution in [3.63, 3.8) is 0 Å². The van der Waals surface area contributed by atoms with Crippen molar-refractivity contribution in [1.29, 1.82) is 0 Å². The summed E-state index contributed by atoms with van der Waals surface area (Å²) in [7, 11) is -13.4. The van der Waals surface area contributed by atoms with Crippen LogP contribution in [0, 0.1) is 0 Å². The number of nitrogens with zero attached hydrogens (tertiary/aromatic N) is 2. The monoisotopic (exact) mass is 452 g/mol. The number of halogens is 6. The molecule has 16 heteroatoms. The van der Waals surface area contributed by atoms with Gasteiger partial charge in [0.05, 0.1) is 26.2 Å². The van der Waals surface area contributed by atoms with E-state index in [1.807, 2.05) is 6.92 Å². The lowest BCUT2D eigenvalue weighted by molar-refractivity contribution is -0.843. The lowest BCUT2D eigenvalue weighted by Crippen LogP contribution is -2.50. The van der Waals surface area contributed by atoms with Crippen molar-refractivity contribution in [2.45, 2.75) is 37.7 Å². The molecule has 162 valence electrons. The summed E-state index contributed by atoms with van der Waals surface area (Å²) in [5.74, 6) is 0. The Kier molecular flexibility index (Phi) is 8.54. The van der Waals surface area contributed by atoms with E-state index in [-0.39, 0.29) is 6.09 Å². The van der Waals surface area contributed by atoms with Gasteiger partial charge >= 0.3 is 17.1 Å². The zero-order chi connectivity index (χ0) is 21.7. The van der Waals surface area contributed by atoms with Gasteiger partial charge in [-0.05, 0) is 13.8 Å². The summed E-state index contributed by atoms with van der Waals surface area (Å²) in [6, 6.07) is 0. The van der Waals surface area contributed by atoms with Gasteiger partial charge in [-0.2, -0.15) is 31.1 Å². The number of sulfonamides is 2. The van der Waals surface area contributed by atoms with E-state index in [1.165, 1.54) is 0 Å². The fourth-order valence-corrected chi connectivity index (χ4v) is 3.75. The Labute approximate surface area is 152 Å². The number of hydrogen-bond acceptors (Lipinski definition) is 6. The minimum Gasteiger partial charge on any atom is -0.421 e. The molecule has 0 radical (unpaired) electrons. The van der Waals surface area contributed by atoms with Crippen LogP contribution in [0.5, 0.6) is 0 Å². The SMILES string of the molecule is CCOC(=O)[N+]1(CC)CCCC1.O=S(=O)([N-]S(=O)(=O)C(F)(F)F)C(F)(F)F. The van der Waals surface area contributed by atoms with Crippen molar-refractivity contribution in [3.05, 3.63) is 4.13 Å². The first-order valence-corrected chi connectivity index (χ1v) is 10.2. The van der Waals surface area contributed by atoms with Gasteiger partial charge < -0.3 is 8.86 Å². The maximum Gasteiger partial charge on any atom is 0.516 e. The number of hydrogen-bond donors (Lipinski definition) is 0. The minimum absolute atomic E-state index is 0.0301. The van der Waals surface area contributed by atoms with Gasteiger partial charge in [0.25, 0.3) is 0 Å². The van der Waals surface area contributed by atoms with Gasteiger partial charge in [0, 0.05) is 12.8 Å². The maximum atomic E-state index is 11.5. The summed E-state index contributed by atoms with van der Waals surface area (Å²) in [5.41, 5.74) is -12.4. The Morgan fingerprint density at radius 2 is 1.30 bits per heavy atom. The van der Waals surface area contributed by atoms with Crippen molar-refractivity contribution in [2.75, 3.05) is 26.2 Å². The molecule has 1 heterocycles. The fraction of sp³-hybridized carbons (Fsp3) is 0.909. The lowest BCUT2D eigenvalue weighted by Gasteiger charge is -2.27. The molecular weight excluding hydrogens is 434 g/mol. The molecule has 1 aliphatic rings. The highest BCUT2D eigenvalue weighted by atomic mass is 32.3. The molecule has 27 heavy (non-hydrogen) atoms. The fourth-order valence-electron chi connectivity index (χ4n) is 2.04. The summed E-state index contributed by atoms with van der Waals surface area (Å²) in [6.45, 7) is 7.23. The molecule has 1 fully saturated rings. The van der Waals surface area contributed by atoms with Gasteiger partial charge in [-0.1, -0.05) is 0 Å². The quantitative estimate of drug-likeness (QED) is 0.479. The summed E-state index contributed by atoms with van der Waals surface area (Å²) in [5, 5.41) is 0. The van der Waals surface area contributed by atoms with Crippen LogP contribution in [0.25, 0.3) is 4.13 Å². The summed E-state index contributed by atoms with van der Waals surface area (Å²) in [4.78, 5) is 11.5. The molecule has 8 nitrogen and oxygen atoms in total. The molecule has 0 aliphatic carbocycles. The van der Waals surface area contributed by atoms with E-state index in [2.05, 4.69) is 6.92 Å². The van der Waals surface area contributed by atoms with Crippen LogP contribution in [0.3, 0.4) is 0 Å². The van der Waals surface area contributed by atoms with Gasteiger partial charge in [0.15, 0.2) is 20.0 Å². The Bertz CT molecular complexity index is 669. The topological polar surface area (TPSA) is 109 Å². The molecule has 1 amide bonds. The molecular formula is C11H18F6N2O6S2. The van der Waals surface area contributed by atoms with Crippen LogP contribution in [-0.2, 0) is 24.8 Å². The van der Waals surface area contributed by atoms with Crippen LogP contribution >= 0.6 is 0 Å². The Morgan fingerprint density at radius 3 is 1.56 bits per heavy atom. The van der Waals surface area contributed by atoms with E-state index >= 15 is 0 Å². The molecule has 0 aromatic rings. The molecule has 0 aromatic heterocycles. The number of carbonyl (C=O) groups excluding carboxylic acids is 1. The van der Waals surface area contributed by atoms with Crippen molar-refractivity contribution in [2.24, 2.45) is 0 Å². The van der Waals surface area contributed by atoms with E-state index in [4.69, 9.17) is 4.74 Å². The first-order valence-electron chi connectivity index (χ1n) is 7.36. The average molecular weight is 452 g/mol. The van der Waals surface area contributed by atoms with Crippen molar-refractivity contribution in [3.8, 4) is 0 Å². The third kappa shape index (κ3) is 6.76. The highest BCUT2D eigenvalue weighted by molar-refractivity contribution is 8.13. The number of quaternary nitrogens is 1. The summed E-state index contributed by atoms with van der Waals surface area (Å²) in [6.07, 6.45) is 2.29. The Hall–Kier alpha value is -1.13. The maximum absolute atomic E-state index is 11.5. The smallest absolute Gasteiger partial charge is 0.421 e. The molecule has 1 rings (SSSR count). The van der Waals surface area contributed by atoms with Gasteiger partial charge in [-0.3, -0.25) is 0 Å². The molecule has 1 aliphatic heterocycles. The molecule has 0 atom stereocenters. The predicted molar refractivity (Wildman–Crippen MR) is 80.1 cm³/mol. The number of ether oxygens (including phenoxy) is 1. The van der Waals surface area contributed by atoms with Crippen LogP contribution in [-0.4, -0.2) is 64.7 Å². The number of rotatable bonds is 4. The van der Waals surface area contributed by atoms with Crippen LogP contribution in [0.15, 0.2) is 0 Å². The first kappa shape index (κ1) is 25.9. The normalized spacial score (nSPS) is 17.8.